The summed E-state index contributed by atoms with van der Waals surface area (Å²) in [6.45, 7) is 6.00. The second-order valence-corrected chi connectivity index (χ2v) is 4.55. The molecule has 0 aliphatic heterocycles. The van der Waals surface area contributed by atoms with E-state index < -0.39 is 0 Å². The molecule has 2 aromatic rings. The lowest BCUT2D eigenvalue weighted by molar-refractivity contribution is -0.137. The van der Waals surface area contributed by atoms with Crippen LogP contribution in [0.15, 0.2) is 42.1 Å². The fourth-order valence-corrected chi connectivity index (χ4v) is 2.01. The third-order valence-electron chi connectivity index (χ3n) is 2.87. The van der Waals surface area contributed by atoms with E-state index in [9.17, 15) is 4.79 Å². The first-order valence-electron chi connectivity index (χ1n) is 6.58. The number of pyridine rings is 1. The van der Waals surface area contributed by atoms with Gasteiger partial charge in [-0.15, -0.1) is 0 Å². The summed E-state index contributed by atoms with van der Waals surface area (Å²) in [5.41, 5.74) is 2.77. The topological polar surface area (TPSA) is 51.2 Å². The van der Waals surface area contributed by atoms with Crippen LogP contribution in [0.4, 0.5) is 5.82 Å². The van der Waals surface area contributed by atoms with Gasteiger partial charge in [-0.3, -0.25) is 0 Å². The number of aryl methyl sites for hydroxylation is 1. The van der Waals surface area contributed by atoms with Gasteiger partial charge in [-0.05, 0) is 38.5 Å². The number of benzene rings is 1. The van der Waals surface area contributed by atoms with Gasteiger partial charge >= 0.3 is 5.97 Å². The molecule has 0 amide bonds. The number of anilines is 1. The number of rotatable bonds is 4. The average Bonchev–Trinajstić information content (AvgIpc) is 2.38. The molecule has 0 spiro atoms. The van der Waals surface area contributed by atoms with Crippen LogP contribution in [0, 0.1) is 6.92 Å². The summed E-state index contributed by atoms with van der Waals surface area (Å²) in [6, 6.07) is 9.93. The molecular formula is C16H18N2O2. The summed E-state index contributed by atoms with van der Waals surface area (Å²) in [4.78, 5) is 15.9. The fraction of sp³-hybridized carbons (Fsp3) is 0.250. The third kappa shape index (κ3) is 3.35. The SMILES string of the molecule is CCOC(=O)/C=C(\C)Nc1cc(C)c2ccccc2n1. The van der Waals surface area contributed by atoms with Crippen molar-refractivity contribution in [3.05, 3.63) is 47.7 Å². The van der Waals surface area contributed by atoms with E-state index in [1.807, 2.05) is 44.2 Å². The highest BCUT2D eigenvalue weighted by Gasteiger charge is 2.03. The second-order valence-electron chi connectivity index (χ2n) is 4.55. The van der Waals surface area contributed by atoms with E-state index in [-0.39, 0.29) is 5.97 Å². The molecule has 0 unspecified atom stereocenters. The molecule has 0 radical (unpaired) electrons. The Morgan fingerprint density at radius 1 is 1.40 bits per heavy atom. The number of esters is 1. The molecule has 2 rings (SSSR count). The van der Waals surface area contributed by atoms with Crippen molar-refractivity contribution < 1.29 is 9.53 Å². The maximum absolute atomic E-state index is 11.4. The summed E-state index contributed by atoms with van der Waals surface area (Å²) in [5, 5.41) is 4.24. The number of nitrogens with zero attached hydrogens (tertiary/aromatic N) is 1. The highest BCUT2D eigenvalue weighted by atomic mass is 16.5. The van der Waals surface area contributed by atoms with Crippen LogP contribution < -0.4 is 5.32 Å². The van der Waals surface area contributed by atoms with Gasteiger partial charge in [0.05, 0.1) is 12.1 Å². The Kier molecular flexibility index (Phi) is 4.35. The number of fused-ring (bicyclic) bond motifs is 1. The zero-order valence-electron chi connectivity index (χ0n) is 11.9. The highest BCUT2D eigenvalue weighted by molar-refractivity contribution is 5.85. The van der Waals surface area contributed by atoms with Gasteiger partial charge in [0.15, 0.2) is 0 Å². The number of nitrogens with one attached hydrogen (secondary N) is 1. The van der Waals surface area contributed by atoms with E-state index in [1.165, 1.54) is 6.08 Å². The summed E-state index contributed by atoms with van der Waals surface area (Å²) in [7, 11) is 0. The van der Waals surface area contributed by atoms with Crippen LogP contribution in [0.1, 0.15) is 19.4 Å². The van der Waals surface area contributed by atoms with Gasteiger partial charge in [0.25, 0.3) is 0 Å². The molecule has 0 saturated heterocycles. The van der Waals surface area contributed by atoms with Gasteiger partial charge in [0, 0.05) is 17.2 Å². The number of carbonyl (C=O) groups is 1. The first-order chi connectivity index (χ1) is 9.60. The number of aromatic nitrogens is 1. The van der Waals surface area contributed by atoms with Crippen LogP contribution in [0.25, 0.3) is 10.9 Å². The van der Waals surface area contributed by atoms with Gasteiger partial charge in [-0.2, -0.15) is 0 Å². The average molecular weight is 270 g/mol. The van der Waals surface area contributed by atoms with Crippen molar-refractivity contribution in [3.63, 3.8) is 0 Å². The van der Waals surface area contributed by atoms with E-state index in [1.54, 1.807) is 6.92 Å². The number of carbonyl (C=O) groups excluding carboxylic acids is 1. The predicted molar refractivity (Wildman–Crippen MR) is 80.5 cm³/mol. The summed E-state index contributed by atoms with van der Waals surface area (Å²) in [6.07, 6.45) is 1.43. The van der Waals surface area contributed by atoms with E-state index in [0.717, 1.165) is 22.3 Å². The molecule has 1 aromatic heterocycles. The zero-order valence-corrected chi connectivity index (χ0v) is 11.9. The van der Waals surface area contributed by atoms with E-state index in [4.69, 9.17) is 4.74 Å². The van der Waals surface area contributed by atoms with Crippen LogP contribution in [0.2, 0.25) is 0 Å². The lowest BCUT2D eigenvalue weighted by atomic mass is 10.1. The molecule has 1 N–H and O–H groups in total. The first kappa shape index (κ1) is 14.1. The number of para-hydroxylation sites is 1. The van der Waals surface area contributed by atoms with E-state index in [2.05, 4.69) is 10.3 Å². The molecule has 0 aliphatic carbocycles. The number of hydrogen-bond acceptors (Lipinski definition) is 4. The summed E-state index contributed by atoms with van der Waals surface area (Å²) >= 11 is 0. The fourth-order valence-electron chi connectivity index (χ4n) is 2.01. The zero-order chi connectivity index (χ0) is 14.5. The van der Waals surface area contributed by atoms with Gasteiger partial charge < -0.3 is 10.1 Å². The third-order valence-corrected chi connectivity index (χ3v) is 2.87. The first-order valence-corrected chi connectivity index (χ1v) is 6.58. The molecule has 20 heavy (non-hydrogen) atoms. The van der Waals surface area contributed by atoms with Gasteiger partial charge in [-0.25, -0.2) is 9.78 Å². The van der Waals surface area contributed by atoms with Crippen LogP contribution >= 0.6 is 0 Å². The van der Waals surface area contributed by atoms with Crippen molar-refractivity contribution in [3.8, 4) is 0 Å². The van der Waals surface area contributed by atoms with Gasteiger partial charge in [-0.1, -0.05) is 18.2 Å². The van der Waals surface area contributed by atoms with Crippen molar-refractivity contribution in [1.29, 1.82) is 0 Å². The Morgan fingerprint density at radius 2 is 2.15 bits per heavy atom. The monoisotopic (exact) mass is 270 g/mol. The van der Waals surface area contributed by atoms with Crippen molar-refractivity contribution in [2.75, 3.05) is 11.9 Å². The Balaban J connectivity index is 2.24. The van der Waals surface area contributed by atoms with Gasteiger partial charge in [0.2, 0.25) is 0 Å². The van der Waals surface area contributed by atoms with E-state index in [0.29, 0.717) is 12.3 Å². The molecule has 4 nitrogen and oxygen atoms in total. The van der Waals surface area contributed by atoms with Crippen LogP contribution in [-0.4, -0.2) is 17.6 Å². The lowest BCUT2D eigenvalue weighted by Gasteiger charge is -2.09. The van der Waals surface area contributed by atoms with Crippen molar-refractivity contribution in [2.45, 2.75) is 20.8 Å². The number of hydrogen-bond donors (Lipinski definition) is 1. The largest absolute Gasteiger partial charge is 0.463 e. The number of allylic oxidation sites excluding steroid dienone is 1. The molecule has 0 bridgehead atoms. The van der Waals surface area contributed by atoms with Crippen molar-refractivity contribution >= 4 is 22.7 Å². The molecule has 1 heterocycles. The second kappa shape index (κ2) is 6.19. The maximum atomic E-state index is 11.4. The Bertz CT molecular complexity index is 663. The van der Waals surface area contributed by atoms with Crippen molar-refractivity contribution in [1.82, 2.24) is 4.98 Å². The normalized spacial score (nSPS) is 11.4. The van der Waals surface area contributed by atoms with E-state index >= 15 is 0 Å². The minimum Gasteiger partial charge on any atom is -0.463 e. The summed E-state index contributed by atoms with van der Waals surface area (Å²) in [5.74, 6) is 0.370. The highest BCUT2D eigenvalue weighted by Crippen LogP contribution is 2.20. The quantitative estimate of drug-likeness (QED) is 0.683. The minimum atomic E-state index is -0.352. The molecule has 0 aliphatic rings. The Hall–Kier alpha value is -2.36. The smallest absolute Gasteiger partial charge is 0.332 e. The summed E-state index contributed by atoms with van der Waals surface area (Å²) < 4.78 is 4.87. The maximum Gasteiger partial charge on any atom is 0.332 e. The molecular weight excluding hydrogens is 252 g/mol. The molecule has 0 fully saturated rings. The van der Waals surface area contributed by atoms with Crippen molar-refractivity contribution in [2.24, 2.45) is 0 Å². The predicted octanol–water partition coefficient (Wildman–Crippen LogP) is 3.42. The molecule has 104 valence electrons. The number of ether oxygens (including phenoxy) is 1. The minimum absolute atomic E-state index is 0.352. The van der Waals surface area contributed by atoms with Gasteiger partial charge in [0.1, 0.15) is 5.82 Å². The molecule has 1 aromatic carbocycles. The Morgan fingerprint density at radius 3 is 2.90 bits per heavy atom. The standard InChI is InChI=1S/C16H18N2O2/c1-4-20-16(19)10-12(3)17-15-9-11(2)13-7-5-6-8-14(13)18-15/h5-10H,4H2,1-3H3,(H,17,18)/b12-10+. The lowest BCUT2D eigenvalue weighted by Crippen LogP contribution is -2.05. The Labute approximate surface area is 118 Å². The molecule has 0 saturated carbocycles. The van der Waals surface area contributed by atoms with Crippen LogP contribution in [0.5, 0.6) is 0 Å². The van der Waals surface area contributed by atoms with Crippen LogP contribution in [-0.2, 0) is 9.53 Å². The molecule has 0 atom stereocenters. The van der Waals surface area contributed by atoms with Crippen LogP contribution in [0.3, 0.4) is 0 Å². The molecule has 4 heteroatoms.